The Morgan fingerprint density at radius 1 is 0.245 bits per heavy atom. The minimum absolute atomic E-state index is 0.110. The second-order valence-corrected chi connectivity index (χ2v) is 36.1. The van der Waals surface area contributed by atoms with Crippen LogP contribution in [0.25, 0.3) is 0 Å². The van der Waals surface area contributed by atoms with Crippen molar-refractivity contribution in [3.63, 3.8) is 0 Å². The van der Waals surface area contributed by atoms with Crippen LogP contribution in [-0.4, -0.2) is 96.7 Å². The Hall–Kier alpha value is -1.94. The van der Waals surface area contributed by atoms with Gasteiger partial charge in [-0.1, -0.05) is 446 Å². The number of phosphoric acid groups is 2. The van der Waals surface area contributed by atoms with Crippen LogP contribution in [0.5, 0.6) is 0 Å². The first-order valence-electron chi connectivity index (χ1n) is 47.1. The lowest BCUT2D eigenvalue weighted by Crippen LogP contribution is -2.30. The van der Waals surface area contributed by atoms with E-state index in [9.17, 15) is 43.2 Å². The summed E-state index contributed by atoms with van der Waals surface area (Å²) in [4.78, 5) is 73.5. The third kappa shape index (κ3) is 84.0. The van der Waals surface area contributed by atoms with Crippen molar-refractivity contribution in [1.29, 1.82) is 0 Å². The van der Waals surface area contributed by atoms with Crippen LogP contribution in [0, 0.1) is 5.92 Å². The van der Waals surface area contributed by atoms with Gasteiger partial charge >= 0.3 is 39.5 Å². The van der Waals surface area contributed by atoms with Gasteiger partial charge in [-0.15, -0.1) is 0 Å². The molecular weight excluding hydrogens is 1430 g/mol. The molecule has 17 nitrogen and oxygen atoms in total. The van der Waals surface area contributed by atoms with Gasteiger partial charge in [0.15, 0.2) is 12.2 Å². The van der Waals surface area contributed by atoms with Crippen LogP contribution in [0.4, 0.5) is 0 Å². The van der Waals surface area contributed by atoms with E-state index in [1.807, 2.05) is 0 Å². The van der Waals surface area contributed by atoms with E-state index >= 15 is 0 Å². The Balaban J connectivity index is 5.26. The summed E-state index contributed by atoms with van der Waals surface area (Å²) in [5.74, 6) is -1.28. The molecule has 0 rings (SSSR count). The Labute approximate surface area is 677 Å². The molecule has 110 heavy (non-hydrogen) atoms. The SMILES string of the molecule is CCCCCCCCCCCCCCCCCCCCCCC(=O)O[C@H](COC(=O)CCCCCCCCCCCCCCCCCCC(C)C)COP(=O)(O)OC[C@@H](O)COP(=O)(O)OC[C@@H](COC(=O)CCCCCCCCCCCCCCC)OC(=O)CCCCCCCCCCCCCCCCCCCC. The van der Waals surface area contributed by atoms with Gasteiger partial charge in [0.1, 0.15) is 19.3 Å². The number of aliphatic hydroxyl groups excluding tert-OH is 1. The number of esters is 4. The van der Waals surface area contributed by atoms with Crippen molar-refractivity contribution in [1.82, 2.24) is 0 Å². The predicted molar refractivity (Wildman–Crippen MR) is 455 cm³/mol. The van der Waals surface area contributed by atoms with Crippen molar-refractivity contribution in [2.45, 2.75) is 515 Å². The third-order valence-electron chi connectivity index (χ3n) is 21.5. The zero-order valence-corrected chi connectivity index (χ0v) is 74.2. The lowest BCUT2D eigenvalue weighted by atomic mass is 10.0. The van der Waals surface area contributed by atoms with Crippen molar-refractivity contribution in [3.05, 3.63) is 0 Å². The van der Waals surface area contributed by atoms with E-state index in [1.54, 1.807) is 0 Å². The largest absolute Gasteiger partial charge is 0.472 e. The average molecular weight is 1610 g/mol. The molecule has 0 aliphatic rings. The summed E-state index contributed by atoms with van der Waals surface area (Å²) in [5.41, 5.74) is 0. The first-order chi connectivity index (χ1) is 53.5. The van der Waals surface area contributed by atoms with Gasteiger partial charge in [-0.05, 0) is 31.6 Å². The average Bonchev–Trinajstić information content (AvgIpc) is 0.899. The fraction of sp³-hybridized carbons (Fsp3) is 0.956. The molecule has 5 atom stereocenters. The van der Waals surface area contributed by atoms with Gasteiger partial charge in [0.05, 0.1) is 26.4 Å². The number of phosphoric ester groups is 2. The van der Waals surface area contributed by atoms with Crippen LogP contribution in [0.1, 0.15) is 497 Å². The van der Waals surface area contributed by atoms with Crippen molar-refractivity contribution >= 4 is 39.5 Å². The number of carbonyl (C=O) groups excluding carboxylic acids is 4. The molecule has 0 radical (unpaired) electrons. The van der Waals surface area contributed by atoms with Crippen molar-refractivity contribution in [2.24, 2.45) is 5.92 Å². The van der Waals surface area contributed by atoms with Gasteiger partial charge in [0.2, 0.25) is 0 Å². The summed E-state index contributed by atoms with van der Waals surface area (Å²) < 4.78 is 69.1. The zero-order valence-electron chi connectivity index (χ0n) is 72.4. The molecular formula is C91H178O17P2. The zero-order chi connectivity index (χ0) is 80.4. The first-order valence-corrected chi connectivity index (χ1v) is 50.1. The molecule has 0 fully saturated rings. The lowest BCUT2D eigenvalue weighted by molar-refractivity contribution is -0.161. The summed E-state index contributed by atoms with van der Waals surface area (Å²) in [6, 6.07) is 0. The maximum absolute atomic E-state index is 13.2. The summed E-state index contributed by atoms with van der Waals surface area (Å²) in [5, 5.41) is 10.7. The van der Waals surface area contributed by atoms with Gasteiger partial charge in [-0.2, -0.15) is 0 Å². The van der Waals surface area contributed by atoms with Gasteiger partial charge < -0.3 is 33.8 Å². The van der Waals surface area contributed by atoms with Gasteiger partial charge in [0.25, 0.3) is 0 Å². The van der Waals surface area contributed by atoms with Crippen LogP contribution in [0.3, 0.4) is 0 Å². The molecule has 0 bridgehead atoms. The second-order valence-electron chi connectivity index (χ2n) is 33.2. The Kier molecular flexibility index (Phi) is 82.1. The maximum Gasteiger partial charge on any atom is 0.472 e. The molecule has 0 amide bonds. The highest BCUT2D eigenvalue weighted by molar-refractivity contribution is 7.47. The van der Waals surface area contributed by atoms with E-state index in [-0.39, 0.29) is 25.7 Å². The molecule has 0 aliphatic carbocycles. The number of hydrogen-bond donors (Lipinski definition) is 3. The van der Waals surface area contributed by atoms with E-state index < -0.39 is 97.5 Å². The quantitative estimate of drug-likeness (QED) is 0.0222. The Bertz CT molecular complexity index is 2080. The monoisotopic (exact) mass is 1610 g/mol. The van der Waals surface area contributed by atoms with Gasteiger partial charge in [0, 0.05) is 25.7 Å². The number of rotatable bonds is 91. The number of unbranched alkanes of at least 4 members (excludes halogenated alkanes) is 63. The van der Waals surface area contributed by atoms with Crippen molar-refractivity contribution < 1.29 is 80.2 Å². The first kappa shape index (κ1) is 108. The smallest absolute Gasteiger partial charge is 0.462 e. The van der Waals surface area contributed by atoms with Crippen molar-refractivity contribution in [3.8, 4) is 0 Å². The predicted octanol–water partition coefficient (Wildman–Crippen LogP) is 28.3. The second kappa shape index (κ2) is 83.5. The fourth-order valence-corrected chi connectivity index (χ4v) is 15.9. The molecule has 0 aliphatic heterocycles. The molecule has 0 saturated carbocycles. The number of aliphatic hydroxyl groups is 1. The molecule has 2 unspecified atom stereocenters. The molecule has 0 saturated heterocycles. The lowest BCUT2D eigenvalue weighted by Gasteiger charge is -2.21. The maximum atomic E-state index is 13.2. The van der Waals surface area contributed by atoms with Crippen LogP contribution >= 0.6 is 15.6 Å². The van der Waals surface area contributed by atoms with E-state index in [4.69, 9.17) is 37.0 Å². The molecule has 654 valence electrons. The number of hydrogen-bond acceptors (Lipinski definition) is 15. The molecule has 0 spiro atoms. The molecule has 0 aromatic carbocycles. The van der Waals surface area contributed by atoms with E-state index in [0.717, 1.165) is 95.8 Å². The van der Waals surface area contributed by atoms with Crippen LogP contribution in [0.15, 0.2) is 0 Å². The number of ether oxygens (including phenoxy) is 4. The minimum atomic E-state index is -4.97. The Morgan fingerprint density at radius 2 is 0.418 bits per heavy atom. The van der Waals surface area contributed by atoms with Gasteiger partial charge in [-0.25, -0.2) is 9.13 Å². The minimum Gasteiger partial charge on any atom is -0.462 e. The van der Waals surface area contributed by atoms with E-state index in [0.29, 0.717) is 25.7 Å². The van der Waals surface area contributed by atoms with Crippen LogP contribution in [-0.2, 0) is 65.4 Å². The molecule has 0 heterocycles. The third-order valence-corrected chi connectivity index (χ3v) is 23.4. The topological polar surface area (TPSA) is 237 Å². The standard InChI is InChI=1S/C91H178O17P2/c1-6-9-12-15-18-21-24-27-29-31-33-34-36-42-47-52-57-62-67-72-77-91(96)108-87(81-102-89(94)75-70-65-60-55-50-45-40-38-37-39-44-48-53-58-63-68-73-84(4)5)83-106-110(99,100)104-79-85(92)78-103-109(97,98)105-82-86(80-101-88(93)74-69-64-59-54-49-43-26-23-20-17-14-11-8-3)107-90(95)76-71-66-61-56-51-46-41-35-32-30-28-25-22-19-16-13-10-7-2/h84-87,92H,6-83H2,1-5H3,(H,97,98)(H,99,100)/t85-,86+,87+/m0/s1. The van der Waals surface area contributed by atoms with Crippen LogP contribution in [0.2, 0.25) is 0 Å². The molecule has 0 aromatic heterocycles. The summed E-state index contributed by atoms with van der Waals surface area (Å²) in [7, 11) is -9.94. The Morgan fingerprint density at radius 3 is 0.618 bits per heavy atom. The highest BCUT2D eigenvalue weighted by Gasteiger charge is 2.31. The van der Waals surface area contributed by atoms with Gasteiger partial charge in [-0.3, -0.25) is 37.3 Å². The fourth-order valence-electron chi connectivity index (χ4n) is 14.4. The molecule has 0 aromatic rings. The number of carbonyl (C=O) groups is 4. The highest BCUT2D eigenvalue weighted by Crippen LogP contribution is 2.45. The van der Waals surface area contributed by atoms with Crippen molar-refractivity contribution in [2.75, 3.05) is 39.6 Å². The molecule has 3 N–H and O–H groups in total. The molecule has 19 heteroatoms. The summed E-state index contributed by atoms with van der Waals surface area (Å²) >= 11 is 0. The van der Waals surface area contributed by atoms with E-state index in [1.165, 1.54) is 321 Å². The highest BCUT2D eigenvalue weighted by atomic mass is 31.2. The van der Waals surface area contributed by atoms with E-state index in [2.05, 4.69) is 34.6 Å². The summed E-state index contributed by atoms with van der Waals surface area (Å²) in [6.45, 7) is 7.44. The normalized spacial score (nSPS) is 13.7. The van der Waals surface area contributed by atoms with Crippen LogP contribution < -0.4 is 0 Å². The summed E-state index contributed by atoms with van der Waals surface area (Å²) in [6.07, 6.45) is 79.1.